The van der Waals surface area contributed by atoms with Gasteiger partial charge in [0.05, 0.1) is 27.2 Å². The molecule has 0 aliphatic carbocycles. The first-order chi connectivity index (χ1) is 11.7. The van der Waals surface area contributed by atoms with Crippen molar-refractivity contribution in [2.45, 2.75) is 19.9 Å². The van der Waals surface area contributed by atoms with Gasteiger partial charge in [-0.05, 0) is 36.8 Å². The summed E-state index contributed by atoms with van der Waals surface area (Å²) in [6.07, 6.45) is 0.324. The lowest BCUT2D eigenvalue weighted by Crippen LogP contribution is -2.24. The summed E-state index contributed by atoms with van der Waals surface area (Å²) in [6, 6.07) is 13.1. The van der Waals surface area contributed by atoms with Crippen LogP contribution in [0.15, 0.2) is 42.5 Å². The molecule has 0 heterocycles. The van der Waals surface area contributed by atoms with Crippen molar-refractivity contribution in [3.05, 3.63) is 53.6 Å². The fourth-order valence-corrected chi connectivity index (χ4v) is 2.31. The highest BCUT2D eigenvalue weighted by Gasteiger charge is 2.08. The maximum Gasteiger partial charge on any atom is 0.224 e. The lowest BCUT2D eigenvalue weighted by molar-refractivity contribution is -0.120. The second kappa shape index (κ2) is 8.82. The first kappa shape index (κ1) is 17.7. The normalized spacial score (nSPS) is 10.1. The second-order valence-electron chi connectivity index (χ2n) is 5.21. The van der Waals surface area contributed by atoms with Gasteiger partial charge in [0.1, 0.15) is 17.2 Å². The van der Waals surface area contributed by atoms with Crippen molar-refractivity contribution in [1.82, 2.24) is 5.32 Å². The first-order valence-corrected chi connectivity index (χ1v) is 7.85. The molecular formula is C19H23NO4. The van der Waals surface area contributed by atoms with E-state index >= 15 is 0 Å². The molecule has 0 saturated carbocycles. The van der Waals surface area contributed by atoms with Crippen molar-refractivity contribution in [2.75, 3.05) is 20.8 Å². The Balaban J connectivity index is 1.91. The molecule has 0 atom stereocenters. The Bertz CT molecular complexity index is 668. The third-order valence-electron chi connectivity index (χ3n) is 3.57. The van der Waals surface area contributed by atoms with Crippen LogP contribution in [-0.4, -0.2) is 26.7 Å². The summed E-state index contributed by atoms with van der Waals surface area (Å²) in [6.45, 7) is 2.97. The maximum atomic E-state index is 12.1. The minimum atomic E-state index is -0.0444. The Morgan fingerprint density at radius 3 is 2.33 bits per heavy atom. The van der Waals surface area contributed by atoms with Crippen LogP contribution < -0.4 is 19.5 Å². The topological polar surface area (TPSA) is 56.8 Å². The number of nitrogens with one attached hydrogen (secondary N) is 1. The van der Waals surface area contributed by atoms with E-state index in [4.69, 9.17) is 14.2 Å². The van der Waals surface area contributed by atoms with Gasteiger partial charge >= 0.3 is 0 Å². The van der Waals surface area contributed by atoms with Crippen LogP contribution in [0.1, 0.15) is 18.1 Å². The van der Waals surface area contributed by atoms with Gasteiger partial charge < -0.3 is 19.5 Å². The lowest BCUT2D eigenvalue weighted by atomic mass is 10.1. The van der Waals surface area contributed by atoms with Crippen LogP contribution in [0.2, 0.25) is 0 Å². The fourth-order valence-electron chi connectivity index (χ4n) is 2.31. The van der Waals surface area contributed by atoms with E-state index in [1.807, 2.05) is 43.3 Å². The zero-order chi connectivity index (χ0) is 17.4. The van der Waals surface area contributed by atoms with E-state index in [1.165, 1.54) is 0 Å². The molecular weight excluding hydrogens is 306 g/mol. The van der Waals surface area contributed by atoms with Gasteiger partial charge in [0.2, 0.25) is 5.91 Å². The van der Waals surface area contributed by atoms with Crippen LogP contribution in [0.25, 0.3) is 0 Å². The molecule has 0 fully saturated rings. The predicted molar refractivity (Wildman–Crippen MR) is 92.7 cm³/mol. The lowest BCUT2D eigenvalue weighted by Gasteiger charge is -2.11. The third-order valence-corrected chi connectivity index (χ3v) is 3.57. The Morgan fingerprint density at radius 1 is 1.00 bits per heavy atom. The largest absolute Gasteiger partial charge is 0.497 e. The molecule has 0 bridgehead atoms. The molecule has 2 rings (SSSR count). The number of amides is 1. The van der Waals surface area contributed by atoms with E-state index in [2.05, 4.69) is 5.32 Å². The SMILES string of the molecule is CCOc1ccc(CC(=O)NCc2ccc(OC)cc2OC)cc1. The average molecular weight is 329 g/mol. The second-order valence-corrected chi connectivity index (χ2v) is 5.21. The van der Waals surface area contributed by atoms with E-state index in [-0.39, 0.29) is 5.91 Å². The summed E-state index contributed by atoms with van der Waals surface area (Å²) in [5, 5.41) is 2.91. The van der Waals surface area contributed by atoms with E-state index < -0.39 is 0 Å². The minimum absolute atomic E-state index is 0.0444. The molecule has 128 valence electrons. The molecule has 5 nitrogen and oxygen atoms in total. The van der Waals surface area contributed by atoms with E-state index in [0.717, 1.165) is 22.6 Å². The minimum Gasteiger partial charge on any atom is -0.497 e. The summed E-state index contributed by atoms with van der Waals surface area (Å²) in [5.74, 6) is 2.17. The van der Waals surface area contributed by atoms with Crippen LogP contribution in [-0.2, 0) is 17.8 Å². The molecule has 1 amide bonds. The number of benzene rings is 2. The van der Waals surface area contributed by atoms with Gasteiger partial charge in [-0.25, -0.2) is 0 Å². The number of hydrogen-bond acceptors (Lipinski definition) is 4. The molecule has 24 heavy (non-hydrogen) atoms. The van der Waals surface area contributed by atoms with Crippen LogP contribution in [0.3, 0.4) is 0 Å². The summed E-state index contributed by atoms with van der Waals surface area (Å²) in [7, 11) is 3.20. The summed E-state index contributed by atoms with van der Waals surface area (Å²) >= 11 is 0. The Morgan fingerprint density at radius 2 is 1.71 bits per heavy atom. The molecule has 0 spiro atoms. The molecule has 0 radical (unpaired) electrons. The molecule has 0 saturated heterocycles. The maximum absolute atomic E-state index is 12.1. The van der Waals surface area contributed by atoms with Crippen molar-refractivity contribution >= 4 is 5.91 Å². The van der Waals surface area contributed by atoms with Crippen molar-refractivity contribution < 1.29 is 19.0 Å². The monoisotopic (exact) mass is 329 g/mol. The zero-order valence-electron chi connectivity index (χ0n) is 14.3. The fraction of sp³-hybridized carbons (Fsp3) is 0.316. The van der Waals surface area contributed by atoms with Gasteiger partial charge in [0, 0.05) is 18.2 Å². The molecule has 2 aromatic carbocycles. The molecule has 2 aromatic rings. The van der Waals surface area contributed by atoms with Crippen molar-refractivity contribution in [3.8, 4) is 17.2 Å². The van der Waals surface area contributed by atoms with Crippen LogP contribution in [0.5, 0.6) is 17.2 Å². The highest BCUT2D eigenvalue weighted by Crippen LogP contribution is 2.24. The Hall–Kier alpha value is -2.69. The number of carbonyl (C=O) groups is 1. The summed E-state index contributed by atoms with van der Waals surface area (Å²) < 4.78 is 15.9. The van der Waals surface area contributed by atoms with Crippen molar-refractivity contribution in [3.63, 3.8) is 0 Å². The van der Waals surface area contributed by atoms with E-state index in [1.54, 1.807) is 20.3 Å². The van der Waals surface area contributed by atoms with Gasteiger partial charge in [0.25, 0.3) is 0 Å². The van der Waals surface area contributed by atoms with Gasteiger partial charge in [-0.2, -0.15) is 0 Å². The number of carbonyl (C=O) groups excluding carboxylic acids is 1. The van der Waals surface area contributed by atoms with Crippen LogP contribution in [0.4, 0.5) is 0 Å². The quantitative estimate of drug-likeness (QED) is 0.809. The number of hydrogen-bond donors (Lipinski definition) is 1. The number of methoxy groups -OCH3 is 2. The van der Waals surface area contributed by atoms with E-state index in [9.17, 15) is 4.79 Å². The third kappa shape index (κ3) is 4.91. The van der Waals surface area contributed by atoms with E-state index in [0.29, 0.717) is 25.3 Å². The molecule has 1 N–H and O–H groups in total. The smallest absolute Gasteiger partial charge is 0.224 e. The highest BCUT2D eigenvalue weighted by atomic mass is 16.5. The van der Waals surface area contributed by atoms with Crippen LogP contribution >= 0.6 is 0 Å². The zero-order valence-corrected chi connectivity index (χ0v) is 14.3. The van der Waals surface area contributed by atoms with Gasteiger partial charge in [0.15, 0.2) is 0 Å². The highest BCUT2D eigenvalue weighted by molar-refractivity contribution is 5.78. The van der Waals surface area contributed by atoms with Crippen molar-refractivity contribution in [2.24, 2.45) is 0 Å². The van der Waals surface area contributed by atoms with Crippen molar-refractivity contribution in [1.29, 1.82) is 0 Å². The Labute approximate surface area is 142 Å². The summed E-state index contributed by atoms with van der Waals surface area (Å²) in [5.41, 5.74) is 1.84. The first-order valence-electron chi connectivity index (χ1n) is 7.85. The Kier molecular flexibility index (Phi) is 6.49. The average Bonchev–Trinajstić information content (AvgIpc) is 2.61. The summed E-state index contributed by atoms with van der Waals surface area (Å²) in [4.78, 5) is 12.1. The predicted octanol–water partition coefficient (Wildman–Crippen LogP) is 2.96. The molecule has 0 aliphatic heterocycles. The molecule has 5 heteroatoms. The van der Waals surface area contributed by atoms with Gasteiger partial charge in [-0.1, -0.05) is 12.1 Å². The standard InChI is InChI=1S/C19H23NO4/c1-4-24-16-8-5-14(6-9-16)11-19(21)20-13-15-7-10-17(22-2)12-18(15)23-3/h5-10,12H,4,11,13H2,1-3H3,(H,20,21). The van der Waals surface area contributed by atoms with Gasteiger partial charge in [-0.15, -0.1) is 0 Å². The number of rotatable bonds is 8. The van der Waals surface area contributed by atoms with Crippen LogP contribution in [0, 0.1) is 0 Å². The van der Waals surface area contributed by atoms with Gasteiger partial charge in [-0.3, -0.25) is 4.79 Å². The molecule has 0 unspecified atom stereocenters. The molecule has 0 aromatic heterocycles. The molecule has 0 aliphatic rings. The number of ether oxygens (including phenoxy) is 3.